The molecule has 186 valence electrons. The minimum Gasteiger partial charge on any atom is -0.466 e. The third-order valence-corrected chi connectivity index (χ3v) is 4.34. The average Bonchev–Trinajstić information content (AvgIpc) is 2.53. The van der Waals surface area contributed by atoms with Gasteiger partial charge in [-0.2, -0.15) is 9.78 Å². The van der Waals surface area contributed by atoms with Crippen LogP contribution in [0.1, 0.15) is 122 Å². The monoisotopic (exact) mass is 446 g/mol. The van der Waals surface area contributed by atoms with Crippen LogP contribution < -0.4 is 0 Å². The van der Waals surface area contributed by atoms with Gasteiger partial charge in [0, 0.05) is 6.42 Å². The van der Waals surface area contributed by atoms with Crippen molar-refractivity contribution in [3.63, 3.8) is 0 Å². The lowest BCUT2D eigenvalue weighted by atomic mass is 9.84. The molecule has 0 aliphatic carbocycles. The Labute approximate surface area is 191 Å². The number of esters is 1. The van der Waals surface area contributed by atoms with Crippen molar-refractivity contribution in [3.05, 3.63) is 0 Å². The smallest absolute Gasteiger partial charge is 0.305 e. The van der Waals surface area contributed by atoms with Gasteiger partial charge in [0.2, 0.25) is 5.79 Å². The van der Waals surface area contributed by atoms with Crippen molar-refractivity contribution in [2.75, 3.05) is 6.61 Å². The van der Waals surface area contributed by atoms with Crippen LogP contribution in [0, 0.1) is 10.8 Å². The predicted molar refractivity (Wildman–Crippen MR) is 124 cm³/mol. The molecule has 6 heteroatoms. The standard InChI is InChI=1S/C25H50O6/c1-13-14-17-27-20(26)15-16-25(12,30-28-23(8,9)18-21(2,3)4)31-29-24(10,11)19-22(5,6)7/h13-19H2,1-12H3. The molecule has 0 saturated heterocycles. The summed E-state index contributed by atoms with van der Waals surface area (Å²) in [5.74, 6) is -1.54. The third kappa shape index (κ3) is 16.6. The van der Waals surface area contributed by atoms with Crippen LogP contribution in [0.15, 0.2) is 0 Å². The molecule has 0 atom stereocenters. The van der Waals surface area contributed by atoms with Crippen LogP contribution in [0.4, 0.5) is 0 Å². The number of carbonyl (C=O) groups is 1. The minimum absolute atomic E-state index is 0.0679. The second-order valence-corrected chi connectivity index (χ2v) is 12.5. The Balaban J connectivity index is 5.16. The van der Waals surface area contributed by atoms with Crippen LogP contribution in [-0.2, 0) is 29.1 Å². The van der Waals surface area contributed by atoms with Crippen LogP contribution >= 0.6 is 0 Å². The van der Waals surface area contributed by atoms with Crippen molar-refractivity contribution in [1.29, 1.82) is 0 Å². The molecule has 0 aromatic rings. The first kappa shape index (κ1) is 30.3. The van der Waals surface area contributed by atoms with E-state index >= 15 is 0 Å². The summed E-state index contributed by atoms with van der Waals surface area (Å²) in [4.78, 5) is 35.3. The molecule has 0 N–H and O–H groups in total. The Morgan fingerprint density at radius 2 is 1.10 bits per heavy atom. The molecule has 0 aromatic carbocycles. The Kier molecular flexibility index (Phi) is 11.7. The zero-order chi connectivity index (χ0) is 24.6. The van der Waals surface area contributed by atoms with Gasteiger partial charge < -0.3 is 4.74 Å². The molecule has 0 rings (SSSR count). The molecule has 0 spiro atoms. The molecule has 0 saturated carbocycles. The van der Waals surface area contributed by atoms with Crippen LogP contribution in [-0.4, -0.2) is 29.6 Å². The molecule has 0 bridgehead atoms. The first-order chi connectivity index (χ1) is 13.8. The zero-order valence-corrected chi connectivity index (χ0v) is 22.4. The number of unbranched alkanes of at least 4 members (excludes halogenated alkanes) is 1. The first-order valence-electron chi connectivity index (χ1n) is 11.7. The lowest BCUT2D eigenvalue weighted by Crippen LogP contribution is -2.42. The maximum absolute atomic E-state index is 12.1. The molecule has 0 heterocycles. The maximum atomic E-state index is 12.1. The number of rotatable bonds is 14. The van der Waals surface area contributed by atoms with Crippen LogP contribution in [0.3, 0.4) is 0 Å². The highest BCUT2D eigenvalue weighted by molar-refractivity contribution is 5.69. The SMILES string of the molecule is CCCCOC(=O)CCC(C)(OOC(C)(C)CC(C)(C)C)OOC(C)(C)CC(C)(C)C. The lowest BCUT2D eigenvalue weighted by Gasteiger charge is -2.37. The summed E-state index contributed by atoms with van der Waals surface area (Å²) >= 11 is 0. The third-order valence-electron chi connectivity index (χ3n) is 4.34. The molecule has 31 heavy (non-hydrogen) atoms. The molecule has 0 aromatic heterocycles. The van der Waals surface area contributed by atoms with Crippen LogP contribution in [0.5, 0.6) is 0 Å². The molecule has 0 fully saturated rings. The van der Waals surface area contributed by atoms with Crippen molar-refractivity contribution in [2.24, 2.45) is 10.8 Å². The van der Waals surface area contributed by atoms with E-state index in [9.17, 15) is 4.79 Å². The Morgan fingerprint density at radius 1 is 0.677 bits per heavy atom. The maximum Gasteiger partial charge on any atom is 0.305 e. The van der Waals surface area contributed by atoms with Gasteiger partial charge in [-0.05, 0) is 64.7 Å². The predicted octanol–water partition coefficient (Wildman–Crippen LogP) is 7.15. The van der Waals surface area contributed by atoms with Gasteiger partial charge in [-0.1, -0.05) is 54.9 Å². The Morgan fingerprint density at radius 3 is 1.45 bits per heavy atom. The molecule has 0 amide bonds. The van der Waals surface area contributed by atoms with E-state index < -0.39 is 17.0 Å². The summed E-state index contributed by atoms with van der Waals surface area (Å²) in [5, 5.41) is 0. The van der Waals surface area contributed by atoms with Crippen LogP contribution in [0.25, 0.3) is 0 Å². The summed E-state index contributed by atoms with van der Waals surface area (Å²) in [5.41, 5.74) is -0.937. The Hall–Kier alpha value is -0.690. The summed E-state index contributed by atoms with van der Waals surface area (Å²) in [6.45, 7) is 25.0. The van der Waals surface area contributed by atoms with Gasteiger partial charge in [-0.25, -0.2) is 9.78 Å². The van der Waals surface area contributed by atoms with E-state index in [2.05, 4.69) is 48.5 Å². The highest BCUT2D eigenvalue weighted by atomic mass is 17.3. The fourth-order valence-corrected chi connectivity index (χ4v) is 3.84. The van der Waals surface area contributed by atoms with Crippen LogP contribution in [0.2, 0.25) is 0 Å². The number of hydrogen-bond acceptors (Lipinski definition) is 6. The van der Waals surface area contributed by atoms with Gasteiger partial charge in [0.15, 0.2) is 0 Å². The molecule has 0 aliphatic heterocycles. The van der Waals surface area contributed by atoms with Gasteiger partial charge in [0.1, 0.15) is 0 Å². The first-order valence-corrected chi connectivity index (χ1v) is 11.7. The fraction of sp³-hybridized carbons (Fsp3) is 0.960. The van der Waals surface area contributed by atoms with Crippen molar-refractivity contribution in [3.8, 4) is 0 Å². The molecular weight excluding hydrogens is 396 g/mol. The van der Waals surface area contributed by atoms with Gasteiger partial charge in [-0.3, -0.25) is 4.79 Å². The van der Waals surface area contributed by atoms with E-state index in [0.717, 1.165) is 25.7 Å². The van der Waals surface area contributed by atoms with Crippen molar-refractivity contribution >= 4 is 5.97 Å². The summed E-state index contributed by atoms with van der Waals surface area (Å²) in [6, 6.07) is 0. The lowest BCUT2D eigenvalue weighted by molar-refractivity contribution is -0.541. The van der Waals surface area contributed by atoms with Crippen molar-refractivity contribution in [1.82, 2.24) is 0 Å². The summed E-state index contributed by atoms with van der Waals surface area (Å²) in [7, 11) is 0. The second kappa shape index (κ2) is 12.0. The molecule has 0 aliphatic rings. The molecular formula is C25H50O6. The molecule has 6 nitrogen and oxygen atoms in total. The normalized spacial score (nSPS) is 14.1. The van der Waals surface area contributed by atoms with Gasteiger partial charge in [-0.15, -0.1) is 0 Å². The van der Waals surface area contributed by atoms with Crippen molar-refractivity contribution in [2.45, 2.75) is 139 Å². The fourth-order valence-electron chi connectivity index (χ4n) is 3.84. The summed E-state index contributed by atoms with van der Waals surface area (Å²) < 4.78 is 5.27. The van der Waals surface area contributed by atoms with E-state index in [1.165, 1.54) is 0 Å². The average molecular weight is 447 g/mol. The van der Waals surface area contributed by atoms with E-state index in [0.29, 0.717) is 6.61 Å². The zero-order valence-electron chi connectivity index (χ0n) is 22.4. The van der Waals surface area contributed by atoms with Gasteiger partial charge >= 0.3 is 5.97 Å². The minimum atomic E-state index is -1.26. The van der Waals surface area contributed by atoms with Gasteiger partial charge in [0.05, 0.1) is 24.2 Å². The quantitative estimate of drug-likeness (QED) is 0.0928. The van der Waals surface area contributed by atoms with E-state index in [-0.39, 0.29) is 29.6 Å². The topological polar surface area (TPSA) is 63.2 Å². The highest BCUT2D eigenvalue weighted by Crippen LogP contribution is 2.34. The molecule has 0 radical (unpaired) electrons. The number of carbonyl (C=O) groups excluding carboxylic acids is 1. The van der Waals surface area contributed by atoms with E-state index in [1.54, 1.807) is 6.92 Å². The highest BCUT2D eigenvalue weighted by Gasteiger charge is 2.38. The summed E-state index contributed by atoms with van der Waals surface area (Å²) in [6.07, 6.45) is 3.79. The van der Waals surface area contributed by atoms with E-state index in [1.807, 2.05) is 27.7 Å². The Bertz CT molecular complexity index is 493. The molecule has 0 unspecified atom stereocenters. The number of hydrogen-bond donors (Lipinski definition) is 0. The van der Waals surface area contributed by atoms with E-state index in [4.69, 9.17) is 24.3 Å². The largest absolute Gasteiger partial charge is 0.466 e. The second-order valence-electron chi connectivity index (χ2n) is 12.5. The van der Waals surface area contributed by atoms with Crippen molar-refractivity contribution < 1.29 is 29.1 Å². The number of ether oxygens (including phenoxy) is 1. The van der Waals surface area contributed by atoms with Gasteiger partial charge in [0.25, 0.3) is 0 Å².